The van der Waals surface area contributed by atoms with E-state index in [1.807, 2.05) is 13.8 Å². The lowest BCUT2D eigenvalue weighted by atomic mass is 10.2. The van der Waals surface area contributed by atoms with Gasteiger partial charge in [0.15, 0.2) is 0 Å². The summed E-state index contributed by atoms with van der Waals surface area (Å²) in [7, 11) is 1.70. The van der Waals surface area contributed by atoms with Gasteiger partial charge < -0.3 is 10.6 Å². The second-order valence-corrected chi connectivity index (χ2v) is 4.50. The standard InChI is InChI=1S/C11H16N4OS/c1-7-5-14-9(6-13-7)11(16)15(3)8(2)4-10(12)17/h5-6,8H,4H2,1-3H3,(H2,12,17). The van der Waals surface area contributed by atoms with Crippen LogP contribution in [0.2, 0.25) is 0 Å². The minimum atomic E-state index is -0.179. The summed E-state index contributed by atoms with van der Waals surface area (Å²) < 4.78 is 0. The Balaban J connectivity index is 2.75. The van der Waals surface area contributed by atoms with Crippen LogP contribution in [0.4, 0.5) is 0 Å². The highest BCUT2D eigenvalue weighted by atomic mass is 32.1. The van der Waals surface area contributed by atoms with Gasteiger partial charge in [-0.3, -0.25) is 9.78 Å². The van der Waals surface area contributed by atoms with Crippen molar-refractivity contribution >= 4 is 23.1 Å². The van der Waals surface area contributed by atoms with Crippen molar-refractivity contribution in [1.29, 1.82) is 0 Å². The molecular weight excluding hydrogens is 236 g/mol. The van der Waals surface area contributed by atoms with E-state index in [0.29, 0.717) is 17.1 Å². The molecule has 1 aromatic rings. The first-order valence-corrected chi connectivity index (χ1v) is 5.66. The third-order valence-corrected chi connectivity index (χ3v) is 2.64. The Morgan fingerprint density at radius 1 is 1.53 bits per heavy atom. The van der Waals surface area contributed by atoms with Gasteiger partial charge in [0.2, 0.25) is 0 Å². The zero-order valence-electron chi connectivity index (χ0n) is 10.2. The van der Waals surface area contributed by atoms with Gasteiger partial charge in [-0.1, -0.05) is 12.2 Å². The van der Waals surface area contributed by atoms with Crippen LogP contribution < -0.4 is 5.73 Å². The molecule has 5 nitrogen and oxygen atoms in total. The molecule has 0 aromatic carbocycles. The minimum absolute atomic E-state index is 0.0527. The average molecular weight is 252 g/mol. The second-order valence-electron chi connectivity index (χ2n) is 3.98. The second kappa shape index (κ2) is 5.67. The average Bonchev–Trinajstić information content (AvgIpc) is 2.27. The lowest BCUT2D eigenvalue weighted by Crippen LogP contribution is -2.37. The smallest absolute Gasteiger partial charge is 0.274 e. The normalized spacial score (nSPS) is 11.9. The van der Waals surface area contributed by atoms with E-state index >= 15 is 0 Å². The first kappa shape index (κ1) is 13.5. The van der Waals surface area contributed by atoms with Gasteiger partial charge in [-0.05, 0) is 13.8 Å². The largest absolute Gasteiger partial charge is 0.393 e. The zero-order valence-corrected chi connectivity index (χ0v) is 11.0. The number of hydrogen-bond donors (Lipinski definition) is 1. The van der Waals surface area contributed by atoms with E-state index in [1.165, 1.54) is 6.20 Å². The van der Waals surface area contributed by atoms with Gasteiger partial charge in [-0.2, -0.15) is 0 Å². The molecule has 0 saturated heterocycles. The van der Waals surface area contributed by atoms with Gasteiger partial charge in [0.1, 0.15) is 5.69 Å². The number of thiocarbonyl (C=S) groups is 1. The lowest BCUT2D eigenvalue weighted by Gasteiger charge is -2.24. The molecule has 1 unspecified atom stereocenters. The number of aryl methyl sites for hydroxylation is 1. The highest BCUT2D eigenvalue weighted by molar-refractivity contribution is 7.80. The molecule has 92 valence electrons. The quantitative estimate of drug-likeness (QED) is 0.807. The summed E-state index contributed by atoms with van der Waals surface area (Å²) in [4.78, 5) is 22.1. The molecule has 0 fully saturated rings. The van der Waals surface area contributed by atoms with Crippen molar-refractivity contribution in [3.63, 3.8) is 0 Å². The topological polar surface area (TPSA) is 72.1 Å². The molecule has 1 atom stereocenters. The molecule has 2 N–H and O–H groups in total. The van der Waals surface area contributed by atoms with E-state index in [1.54, 1.807) is 18.1 Å². The predicted octanol–water partition coefficient (Wildman–Crippen LogP) is 0.922. The van der Waals surface area contributed by atoms with Crippen molar-refractivity contribution in [3.05, 3.63) is 23.8 Å². The highest BCUT2D eigenvalue weighted by Crippen LogP contribution is 2.06. The van der Waals surface area contributed by atoms with Gasteiger partial charge in [-0.15, -0.1) is 0 Å². The van der Waals surface area contributed by atoms with Crippen LogP contribution in [-0.2, 0) is 0 Å². The summed E-state index contributed by atoms with van der Waals surface area (Å²) in [5, 5.41) is 0. The van der Waals surface area contributed by atoms with Crippen molar-refractivity contribution in [2.75, 3.05) is 7.05 Å². The molecule has 0 spiro atoms. The number of nitrogens with two attached hydrogens (primary N) is 1. The van der Waals surface area contributed by atoms with Gasteiger partial charge in [0.05, 0.1) is 16.9 Å². The fourth-order valence-electron chi connectivity index (χ4n) is 1.31. The predicted molar refractivity (Wildman–Crippen MR) is 69.7 cm³/mol. The van der Waals surface area contributed by atoms with Crippen molar-refractivity contribution in [1.82, 2.24) is 14.9 Å². The summed E-state index contributed by atoms with van der Waals surface area (Å²) in [6.07, 6.45) is 3.54. The summed E-state index contributed by atoms with van der Waals surface area (Å²) in [6, 6.07) is -0.0527. The number of carbonyl (C=O) groups is 1. The van der Waals surface area contributed by atoms with Crippen LogP contribution in [0.5, 0.6) is 0 Å². The SMILES string of the molecule is Cc1cnc(C(=O)N(C)C(C)CC(N)=S)cn1. The van der Waals surface area contributed by atoms with Crippen LogP contribution in [0.1, 0.15) is 29.5 Å². The Bertz CT molecular complexity index is 418. The molecule has 1 heterocycles. The molecule has 1 rings (SSSR count). The molecule has 0 aliphatic rings. The monoisotopic (exact) mass is 252 g/mol. The van der Waals surface area contributed by atoms with Crippen LogP contribution in [0, 0.1) is 6.92 Å². The maximum absolute atomic E-state index is 12.0. The zero-order chi connectivity index (χ0) is 13.0. The Morgan fingerprint density at radius 2 is 2.18 bits per heavy atom. The Morgan fingerprint density at radius 3 is 2.65 bits per heavy atom. The molecule has 6 heteroatoms. The first-order chi connectivity index (χ1) is 7.91. The summed E-state index contributed by atoms with van der Waals surface area (Å²) in [6.45, 7) is 3.71. The maximum Gasteiger partial charge on any atom is 0.274 e. The fourth-order valence-corrected chi connectivity index (χ4v) is 1.55. The Labute approximate surface area is 106 Å². The van der Waals surface area contributed by atoms with Crippen LogP contribution in [-0.4, -0.2) is 38.9 Å². The van der Waals surface area contributed by atoms with E-state index in [2.05, 4.69) is 9.97 Å². The van der Waals surface area contributed by atoms with Crippen molar-refractivity contribution < 1.29 is 4.79 Å². The number of nitrogens with zero attached hydrogens (tertiary/aromatic N) is 3. The van der Waals surface area contributed by atoms with Crippen LogP contribution in [0.15, 0.2) is 12.4 Å². The third kappa shape index (κ3) is 3.74. The van der Waals surface area contributed by atoms with Gasteiger partial charge >= 0.3 is 0 Å². The van der Waals surface area contributed by atoms with Gasteiger partial charge in [0.25, 0.3) is 5.91 Å². The molecule has 1 amide bonds. The lowest BCUT2D eigenvalue weighted by molar-refractivity contribution is 0.0741. The Hall–Kier alpha value is -1.56. The van der Waals surface area contributed by atoms with E-state index in [0.717, 1.165) is 5.69 Å². The Kier molecular flexibility index (Phi) is 4.51. The van der Waals surface area contributed by atoms with Crippen LogP contribution in [0.3, 0.4) is 0 Å². The van der Waals surface area contributed by atoms with Gasteiger partial charge in [0, 0.05) is 25.7 Å². The maximum atomic E-state index is 12.0. The number of hydrogen-bond acceptors (Lipinski definition) is 4. The van der Waals surface area contributed by atoms with E-state index in [-0.39, 0.29) is 11.9 Å². The molecule has 1 aromatic heterocycles. The molecule has 0 aliphatic heterocycles. The number of aromatic nitrogens is 2. The minimum Gasteiger partial charge on any atom is -0.393 e. The molecule has 0 radical (unpaired) electrons. The van der Waals surface area contributed by atoms with Crippen LogP contribution >= 0.6 is 12.2 Å². The first-order valence-electron chi connectivity index (χ1n) is 5.26. The number of amides is 1. The summed E-state index contributed by atoms with van der Waals surface area (Å²) in [5.41, 5.74) is 6.56. The summed E-state index contributed by atoms with van der Waals surface area (Å²) >= 11 is 4.82. The number of rotatable bonds is 4. The van der Waals surface area contributed by atoms with E-state index in [9.17, 15) is 4.79 Å². The fraction of sp³-hybridized carbons (Fsp3) is 0.455. The van der Waals surface area contributed by atoms with E-state index < -0.39 is 0 Å². The highest BCUT2D eigenvalue weighted by Gasteiger charge is 2.19. The van der Waals surface area contributed by atoms with Crippen molar-refractivity contribution in [3.8, 4) is 0 Å². The summed E-state index contributed by atoms with van der Waals surface area (Å²) in [5.74, 6) is -0.179. The molecule has 17 heavy (non-hydrogen) atoms. The van der Waals surface area contributed by atoms with Crippen molar-refractivity contribution in [2.45, 2.75) is 26.3 Å². The molecule has 0 saturated carbocycles. The van der Waals surface area contributed by atoms with Gasteiger partial charge in [-0.25, -0.2) is 4.98 Å². The third-order valence-electron chi connectivity index (χ3n) is 2.48. The molecule has 0 bridgehead atoms. The van der Waals surface area contributed by atoms with Crippen molar-refractivity contribution in [2.24, 2.45) is 5.73 Å². The molecular formula is C11H16N4OS. The van der Waals surface area contributed by atoms with Crippen LogP contribution in [0.25, 0.3) is 0 Å². The number of carbonyl (C=O) groups excluding carboxylic acids is 1. The van der Waals surface area contributed by atoms with E-state index in [4.69, 9.17) is 18.0 Å². The molecule has 0 aliphatic carbocycles.